The van der Waals surface area contributed by atoms with E-state index in [0.717, 1.165) is 11.1 Å². The van der Waals surface area contributed by atoms with Crippen molar-refractivity contribution in [2.24, 2.45) is 0 Å². The van der Waals surface area contributed by atoms with Crippen molar-refractivity contribution in [1.29, 1.82) is 0 Å². The summed E-state index contributed by atoms with van der Waals surface area (Å²) in [5.41, 5.74) is 1.83. The van der Waals surface area contributed by atoms with E-state index in [1.165, 1.54) is 0 Å². The molecule has 2 aromatic carbocycles. The Morgan fingerprint density at radius 2 is 1.75 bits per heavy atom. The highest BCUT2D eigenvalue weighted by Crippen LogP contribution is 2.15. The minimum Gasteiger partial charge on any atom is -0.376 e. The summed E-state index contributed by atoms with van der Waals surface area (Å²) in [5.74, 6) is 5.56. The van der Waals surface area contributed by atoms with E-state index in [4.69, 9.17) is 16.3 Å². The molecule has 0 aliphatic carbocycles. The second-order valence-electron chi connectivity index (χ2n) is 4.25. The molecule has 1 N–H and O–H groups in total. The third-order valence-electron chi connectivity index (χ3n) is 2.71. The molecule has 1 unspecified atom stereocenters. The molecule has 2 nitrogen and oxygen atoms in total. The van der Waals surface area contributed by atoms with Crippen LogP contribution < -0.4 is 0 Å². The fourth-order valence-electron chi connectivity index (χ4n) is 1.66. The summed E-state index contributed by atoms with van der Waals surface area (Å²) in [6.07, 6.45) is -0.812. The fraction of sp³-hybridized carbons (Fsp3) is 0.176. The van der Waals surface area contributed by atoms with Crippen LogP contribution in [0, 0.1) is 11.8 Å². The first kappa shape index (κ1) is 14.6. The molecule has 102 valence electrons. The lowest BCUT2D eigenvalue weighted by atomic mass is 10.1. The minimum absolute atomic E-state index is 0.291. The number of hydrogen-bond acceptors (Lipinski definition) is 2. The Morgan fingerprint density at radius 3 is 2.45 bits per heavy atom. The van der Waals surface area contributed by atoms with Crippen LogP contribution in [0.4, 0.5) is 0 Å². The molecule has 0 bridgehead atoms. The largest absolute Gasteiger partial charge is 0.376 e. The molecule has 0 saturated carbocycles. The summed E-state index contributed by atoms with van der Waals surface area (Å²) in [5, 5.41) is 10.5. The van der Waals surface area contributed by atoms with Gasteiger partial charge in [0.15, 0.2) is 0 Å². The quantitative estimate of drug-likeness (QED) is 0.687. The van der Waals surface area contributed by atoms with Crippen molar-refractivity contribution >= 4 is 11.6 Å². The Balaban J connectivity index is 1.78. The molecule has 0 aliphatic rings. The molecule has 2 aromatic rings. The van der Waals surface area contributed by atoms with E-state index in [9.17, 15) is 5.11 Å². The Labute approximate surface area is 124 Å². The third-order valence-corrected chi connectivity index (χ3v) is 2.96. The minimum atomic E-state index is -0.812. The Bertz CT molecular complexity index is 582. The van der Waals surface area contributed by atoms with Gasteiger partial charge in [0.1, 0.15) is 12.7 Å². The van der Waals surface area contributed by atoms with E-state index < -0.39 is 6.10 Å². The molecule has 0 radical (unpaired) electrons. The normalized spacial score (nSPS) is 11.5. The maximum Gasteiger partial charge on any atom is 0.140 e. The standard InChI is InChI=1S/C17H15ClO2/c18-16-10-8-15(9-11-16)17(19)7-4-12-20-13-14-5-2-1-3-6-14/h1-3,5-6,8-11,17,19H,12-13H2. The summed E-state index contributed by atoms with van der Waals surface area (Å²) in [4.78, 5) is 0. The van der Waals surface area contributed by atoms with Gasteiger partial charge >= 0.3 is 0 Å². The Hall–Kier alpha value is -1.79. The first-order chi connectivity index (χ1) is 9.75. The lowest BCUT2D eigenvalue weighted by Gasteiger charge is -2.03. The van der Waals surface area contributed by atoms with Crippen molar-refractivity contribution in [3.8, 4) is 11.8 Å². The van der Waals surface area contributed by atoms with Crippen LogP contribution in [0.5, 0.6) is 0 Å². The molecular weight excluding hydrogens is 272 g/mol. The lowest BCUT2D eigenvalue weighted by molar-refractivity contribution is 0.153. The average Bonchev–Trinajstić information content (AvgIpc) is 2.48. The van der Waals surface area contributed by atoms with Crippen LogP contribution in [0.3, 0.4) is 0 Å². The van der Waals surface area contributed by atoms with E-state index in [2.05, 4.69) is 11.8 Å². The number of hydrogen-bond donors (Lipinski definition) is 1. The van der Waals surface area contributed by atoms with Crippen molar-refractivity contribution in [1.82, 2.24) is 0 Å². The van der Waals surface area contributed by atoms with Gasteiger partial charge in [-0.15, -0.1) is 0 Å². The maximum absolute atomic E-state index is 9.86. The first-order valence-corrected chi connectivity index (χ1v) is 6.67. The van der Waals surface area contributed by atoms with Crippen LogP contribution >= 0.6 is 11.6 Å². The van der Waals surface area contributed by atoms with Gasteiger partial charge in [0, 0.05) is 5.02 Å². The third kappa shape index (κ3) is 4.71. The van der Waals surface area contributed by atoms with Crippen LogP contribution in [0.1, 0.15) is 17.2 Å². The molecule has 0 spiro atoms. The molecular formula is C17H15ClO2. The summed E-state index contributed by atoms with van der Waals surface area (Å²) in [6.45, 7) is 0.812. The lowest BCUT2D eigenvalue weighted by Crippen LogP contribution is -1.96. The van der Waals surface area contributed by atoms with Crippen molar-refractivity contribution < 1.29 is 9.84 Å². The van der Waals surface area contributed by atoms with Gasteiger partial charge in [-0.25, -0.2) is 0 Å². The highest BCUT2D eigenvalue weighted by Gasteiger charge is 2.02. The summed E-state index contributed by atoms with van der Waals surface area (Å²) in [6, 6.07) is 16.9. The van der Waals surface area contributed by atoms with Crippen molar-refractivity contribution in [3.05, 3.63) is 70.7 Å². The number of rotatable bonds is 4. The molecule has 0 aliphatic heterocycles. The Morgan fingerprint density at radius 1 is 1.05 bits per heavy atom. The predicted molar refractivity (Wildman–Crippen MR) is 80.3 cm³/mol. The van der Waals surface area contributed by atoms with E-state index >= 15 is 0 Å². The zero-order valence-corrected chi connectivity index (χ0v) is 11.7. The second kappa shape index (κ2) is 7.72. The van der Waals surface area contributed by atoms with E-state index in [-0.39, 0.29) is 0 Å². The SMILES string of the molecule is OC(C#CCOCc1ccccc1)c1ccc(Cl)cc1. The molecule has 0 fully saturated rings. The first-order valence-electron chi connectivity index (χ1n) is 6.29. The molecule has 0 saturated heterocycles. The number of benzene rings is 2. The van der Waals surface area contributed by atoms with Gasteiger partial charge in [0.25, 0.3) is 0 Å². The molecule has 20 heavy (non-hydrogen) atoms. The monoisotopic (exact) mass is 286 g/mol. The highest BCUT2D eigenvalue weighted by atomic mass is 35.5. The number of halogens is 1. The summed E-state index contributed by atoms with van der Waals surface area (Å²) < 4.78 is 5.42. The topological polar surface area (TPSA) is 29.5 Å². The van der Waals surface area contributed by atoms with Gasteiger partial charge in [-0.1, -0.05) is 65.9 Å². The van der Waals surface area contributed by atoms with Crippen molar-refractivity contribution in [3.63, 3.8) is 0 Å². The average molecular weight is 287 g/mol. The Kier molecular flexibility index (Phi) is 5.64. The van der Waals surface area contributed by atoms with Crippen LogP contribution in [0.15, 0.2) is 54.6 Å². The maximum atomic E-state index is 9.86. The van der Waals surface area contributed by atoms with Gasteiger partial charge in [-0.3, -0.25) is 0 Å². The summed E-state index contributed by atoms with van der Waals surface area (Å²) >= 11 is 5.78. The van der Waals surface area contributed by atoms with Crippen LogP contribution in [-0.2, 0) is 11.3 Å². The van der Waals surface area contributed by atoms with E-state index in [0.29, 0.717) is 18.2 Å². The van der Waals surface area contributed by atoms with Gasteiger partial charge in [0.05, 0.1) is 6.61 Å². The van der Waals surface area contributed by atoms with Crippen molar-refractivity contribution in [2.45, 2.75) is 12.7 Å². The number of aliphatic hydroxyl groups is 1. The highest BCUT2D eigenvalue weighted by molar-refractivity contribution is 6.30. The summed E-state index contributed by atoms with van der Waals surface area (Å²) in [7, 11) is 0. The fourth-order valence-corrected chi connectivity index (χ4v) is 1.79. The number of ether oxygens (including phenoxy) is 1. The van der Waals surface area contributed by atoms with Gasteiger partial charge in [0.2, 0.25) is 0 Å². The molecule has 3 heteroatoms. The van der Waals surface area contributed by atoms with Crippen LogP contribution in [0.25, 0.3) is 0 Å². The van der Waals surface area contributed by atoms with Gasteiger partial charge in [-0.05, 0) is 23.3 Å². The molecule has 1 atom stereocenters. The molecule has 2 rings (SSSR count). The molecule has 0 heterocycles. The second-order valence-corrected chi connectivity index (χ2v) is 4.69. The van der Waals surface area contributed by atoms with Gasteiger partial charge in [-0.2, -0.15) is 0 Å². The predicted octanol–water partition coefficient (Wildman–Crippen LogP) is 3.59. The zero-order valence-electron chi connectivity index (χ0n) is 10.9. The molecule has 0 aromatic heterocycles. The van der Waals surface area contributed by atoms with Gasteiger partial charge < -0.3 is 9.84 Å². The van der Waals surface area contributed by atoms with Crippen molar-refractivity contribution in [2.75, 3.05) is 6.61 Å². The van der Waals surface area contributed by atoms with E-state index in [1.807, 2.05) is 30.3 Å². The van der Waals surface area contributed by atoms with Crippen LogP contribution in [-0.4, -0.2) is 11.7 Å². The zero-order chi connectivity index (χ0) is 14.2. The van der Waals surface area contributed by atoms with E-state index in [1.54, 1.807) is 24.3 Å². The molecule has 0 amide bonds. The smallest absolute Gasteiger partial charge is 0.140 e. The number of aliphatic hydroxyl groups excluding tert-OH is 1. The van der Waals surface area contributed by atoms with Crippen LogP contribution in [0.2, 0.25) is 5.02 Å².